The first-order valence-corrected chi connectivity index (χ1v) is 11.6. The van der Waals surface area contributed by atoms with Gasteiger partial charge in [-0.3, -0.25) is 0 Å². The monoisotopic (exact) mass is 484 g/mol. The Morgan fingerprint density at radius 3 is 2.53 bits per heavy atom. The number of benzene rings is 3. The van der Waals surface area contributed by atoms with E-state index in [2.05, 4.69) is 25.6 Å². The van der Waals surface area contributed by atoms with Crippen molar-refractivity contribution < 1.29 is 13.2 Å². The maximum absolute atomic E-state index is 13.2. The zero-order chi connectivity index (χ0) is 21.3. The van der Waals surface area contributed by atoms with E-state index in [0.29, 0.717) is 5.75 Å². The van der Waals surface area contributed by atoms with Crippen molar-refractivity contribution >= 4 is 36.9 Å². The summed E-state index contributed by atoms with van der Waals surface area (Å²) in [5.74, 6) is 0.662. The highest BCUT2D eigenvalue weighted by Crippen LogP contribution is 2.33. The molecule has 0 saturated heterocycles. The minimum atomic E-state index is -3.76. The third-order valence-corrected chi connectivity index (χ3v) is 6.95. The van der Waals surface area contributed by atoms with Crippen molar-refractivity contribution in [2.45, 2.75) is 17.9 Å². The molecule has 30 heavy (non-hydrogen) atoms. The summed E-state index contributed by atoms with van der Waals surface area (Å²) in [7, 11) is -2.17. The van der Waals surface area contributed by atoms with Gasteiger partial charge in [-0.25, -0.2) is 8.42 Å². The van der Waals surface area contributed by atoms with Gasteiger partial charge in [0, 0.05) is 21.6 Å². The van der Waals surface area contributed by atoms with E-state index in [1.165, 1.54) is 0 Å². The fourth-order valence-corrected chi connectivity index (χ4v) is 5.00. The summed E-state index contributed by atoms with van der Waals surface area (Å²) < 4.78 is 35.6. The first kappa shape index (κ1) is 20.7. The molecule has 0 saturated carbocycles. The van der Waals surface area contributed by atoms with Crippen LogP contribution in [-0.4, -0.2) is 20.5 Å². The zero-order valence-electron chi connectivity index (χ0n) is 16.5. The number of aryl methyl sites for hydroxylation is 1. The third kappa shape index (κ3) is 4.14. The van der Waals surface area contributed by atoms with E-state index in [4.69, 9.17) is 4.74 Å². The lowest BCUT2D eigenvalue weighted by Gasteiger charge is -2.20. The number of ether oxygens (including phenoxy) is 1. The van der Waals surface area contributed by atoms with Gasteiger partial charge in [0.1, 0.15) is 5.75 Å². The maximum Gasteiger partial charge on any atom is 0.241 e. The SMILES string of the molecule is COc1cccc(C(NS(=O)(=O)c2ccc(C)cc2)c2c[nH]c3cc(Br)ccc23)c1. The molecule has 0 amide bonds. The Labute approximate surface area is 184 Å². The van der Waals surface area contributed by atoms with E-state index in [9.17, 15) is 8.42 Å². The van der Waals surface area contributed by atoms with E-state index >= 15 is 0 Å². The Morgan fingerprint density at radius 2 is 1.80 bits per heavy atom. The molecular formula is C23H21BrN2O3S. The molecule has 4 rings (SSSR count). The second kappa shape index (κ2) is 8.26. The Bertz CT molecular complexity index is 1300. The molecule has 0 fully saturated rings. The van der Waals surface area contributed by atoms with Gasteiger partial charge in [0.25, 0.3) is 0 Å². The minimum absolute atomic E-state index is 0.226. The lowest BCUT2D eigenvalue weighted by atomic mass is 9.99. The van der Waals surface area contributed by atoms with Gasteiger partial charge in [-0.1, -0.05) is 51.8 Å². The van der Waals surface area contributed by atoms with Gasteiger partial charge in [0.05, 0.1) is 18.0 Å². The van der Waals surface area contributed by atoms with Crippen molar-refractivity contribution in [3.63, 3.8) is 0 Å². The lowest BCUT2D eigenvalue weighted by molar-refractivity contribution is 0.414. The van der Waals surface area contributed by atoms with Crippen LogP contribution < -0.4 is 9.46 Å². The molecule has 1 atom stereocenters. The summed E-state index contributed by atoms with van der Waals surface area (Å²) in [5, 5.41) is 0.942. The predicted octanol–water partition coefficient (Wildman–Crippen LogP) is 5.32. The quantitative estimate of drug-likeness (QED) is 0.389. The molecule has 1 unspecified atom stereocenters. The normalized spacial score (nSPS) is 12.8. The van der Waals surface area contributed by atoms with Crippen LogP contribution in [0.2, 0.25) is 0 Å². The second-order valence-electron chi connectivity index (χ2n) is 7.08. The van der Waals surface area contributed by atoms with Crippen LogP contribution in [0.4, 0.5) is 0 Å². The number of hydrogen-bond donors (Lipinski definition) is 2. The molecular weight excluding hydrogens is 464 g/mol. The minimum Gasteiger partial charge on any atom is -0.497 e. The Hall–Kier alpha value is -2.61. The van der Waals surface area contributed by atoms with Crippen molar-refractivity contribution in [2.24, 2.45) is 0 Å². The van der Waals surface area contributed by atoms with Crippen LogP contribution in [0.3, 0.4) is 0 Å². The number of methoxy groups -OCH3 is 1. The lowest BCUT2D eigenvalue weighted by Crippen LogP contribution is -2.29. The van der Waals surface area contributed by atoms with Crippen LogP contribution in [0, 0.1) is 6.92 Å². The molecule has 1 aromatic heterocycles. The molecule has 0 aliphatic carbocycles. The van der Waals surface area contributed by atoms with E-state index in [-0.39, 0.29) is 4.90 Å². The average Bonchev–Trinajstić information content (AvgIpc) is 3.15. The number of rotatable bonds is 6. The zero-order valence-corrected chi connectivity index (χ0v) is 18.9. The molecule has 0 aliphatic rings. The van der Waals surface area contributed by atoms with Crippen LogP contribution in [-0.2, 0) is 10.0 Å². The molecule has 1 heterocycles. The summed E-state index contributed by atoms with van der Waals surface area (Å²) in [6.45, 7) is 1.92. The number of halogens is 1. The van der Waals surface area contributed by atoms with Gasteiger partial charge < -0.3 is 9.72 Å². The largest absolute Gasteiger partial charge is 0.497 e. The Balaban J connectivity index is 1.84. The van der Waals surface area contributed by atoms with Crippen LogP contribution in [0.1, 0.15) is 22.7 Å². The molecule has 0 aliphatic heterocycles. The van der Waals surface area contributed by atoms with E-state index in [1.54, 1.807) is 31.4 Å². The topological polar surface area (TPSA) is 71.2 Å². The molecule has 0 radical (unpaired) electrons. The number of nitrogens with one attached hydrogen (secondary N) is 2. The smallest absolute Gasteiger partial charge is 0.241 e. The molecule has 2 N–H and O–H groups in total. The Kier molecular flexibility index (Phi) is 5.69. The molecule has 0 bridgehead atoms. The van der Waals surface area contributed by atoms with Gasteiger partial charge in [-0.15, -0.1) is 0 Å². The van der Waals surface area contributed by atoms with Gasteiger partial charge in [0.2, 0.25) is 10.0 Å². The second-order valence-corrected chi connectivity index (χ2v) is 9.71. The van der Waals surface area contributed by atoms with Gasteiger partial charge >= 0.3 is 0 Å². The molecule has 7 heteroatoms. The number of aromatic amines is 1. The first-order chi connectivity index (χ1) is 14.4. The van der Waals surface area contributed by atoms with Crippen LogP contribution in [0.15, 0.2) is 82.3 Å². The number of sulfonamides is 1. The molecule has 0 spiro atoms. The van der Waals surface area contributed by atoms with E-state index < -0.39 is 16.1 Å². The molecule has 154 valence electrons. The summed E-state index contributed by atoms with van der Waals surface area (Å²) in [6, 6.07) is 19.5. The summed E-state index contributed by atoms with van der Waals surface area (Å²) in [6.07, 6.45) is 1.85. The van der Waals surface area contributed by atoms with Gasteiger partial charge in [-0.05, 0) is 54.4 Å². The fraction of sp³-hybridized carbons (Fsp3) is 0.130. The van der Waals surface area contributed by atoms with Crippen LogP contribution in [0.25, 0.3) is 10.9 Å². The molecule has 5 nitrogen and oxygen atoms in total. The van der Waals surface area contributed by atoms with E-state index in [1.807, 2.05) is 55.6 Å². The van der Waals surface area contributed by atoms with Crippen molar-refractivity contribution in [1.82, 2.24) is 9.71 Å². The first-order valence-electron chi connectivity index (χ1n) is 9.37. The van der Waals surface area contributed by atoms with Crippen molar-refractivity contribution in [1.29, 1.82) is 0 Å². The third-order valence-electron chi connectivity index (χ3n) is 5.02. The number of hydrogen-bond acceptors (Lipinski definition) is 3. The van der Waals surface area contributed by atoms with Gasteiger partial charge in [-0.2, -0.15) is 4.72 Å². The highest BCUT2D eigenvalue weighted by molar-refractivity contribution is 9.10. The van der Waals surface area contributed by atoms with Gasteiger partial charge in [0.15, 0.2) is 0 Å². The Morgan fingerprint density at radius 1 is 1.03 bits per heavy atom. The standard InChI is InChI=1S/C23H21BrN2O3S/c1-15-6-9-19(10-7-15)30(27,28)26-23(16-4-3-5-18(12-16)29-2)21-14-25-22-13-17(24)8-11-20(21)22/h3-14,23,25-26H,1-2H3. The fourth-order valence-electron chi connectivity index (χ4n) is 3.43. The maximum atomic E-state index is 13.2. The number of aromatic nitrogens is 1. The summed E-state index contributed by atoms with van der Waals surface area (Å²) >= 11 is 3.48. The van der Waals surface area contributed by atoms with Crippen molar-refractivity contribution in [3.8, 4) is 5.75 Å². The molecule has 3 aromatic carbocycles. The predicted molar refractivity (Wildman–Crippen MR) is 122 cm³/mol. The summed E-state index contributed by atoms with van der Waals surface area (Å²) in [4.78, 5) is 3.47. The highest BCUT2D eigenvalue weighted by atomic mass is 79.9. The number of fused-ring (bicyclic) bond motifs is 1. The molecule has 4 aromatic rings. The van der Waals surface area contributed by atoms with Crippen molar-refractivity contribution in [3.05, 3.63) is 94.1 Å². The van der Waals surface area contributed by atoms with Crippen LogP contribution >= 0.6 is 15.9 Å². The van der Waals surface area contributed by atoms with Crippen molar-refractivity contribution in [2.75, 3.05) is 7.11 Å². The number of H-pyrrole nitrogens is 1. The average molecular weight is 485 g/mol. The summed E-state index contributed by atoms with van der Waals surface area (Å²) in [5.41, 5.74) is 3.54. The van der Waals surface area contributed by atoms with Crippen LogP contribution in [0.5, 0.6) is 5.75 Å². The highest BCUT2D eigenvalue weighted by Gasteiger charge is 2.25. The van der Waals surface area contributed by atoms with E-state index in [0.717, 1.165) is 32.1 Å².